The summed E-state index contributed by atoms with van der Waals surface area (Å²) in [6, 6.07) is 9.19. The topological polar surface area (TPSA) is 52.8 Å². The van der Waals surface area contributed by atoms with Gasteiger partial charge in [-0.2, -0.15) is 0 Å². The zero-order valence-corrected chi connectivity index (χ0v) is 14.8. The predicted octanol–water partition coefficient (Wildman–Crippen LogP) is 3.21. The van der Waals surface area contributed by atoms with E-state index in [1.807, 2.05) is 31.2 Å². The molecule has 1 aromatic carbocycles. The third-order valence-electron chi connectivity index (χ3n) is 3.42. The standard InChI is InChI=1S/C17H20ClN2O4/c1-12(14-7-5-6-10-19-14)20(18)24-11-13-8-9-15(21-2)17(23-4)16(13)22-3/h5-10H,11H2,1-4H3/q+1. The molecule has 0 aliphatic rings. The Hall–Kier alpha value is -2.47. The van der Waals surface area contributed by atoms with E-state index in [9.17, 15) is 0 Å². The quantitative estimate of drug-likeness (QED) is 0.435. The Kier molecular flexibility index (Phi) is 6.26. The molecule has 6 nitrogen and oxygen atoms in total. The maximum Gasteiger partial charge on any atom is 0.319 e. The summed E-state index contributed by atoms with van der Waals surface area (Å²) in [4.78, 5) is 9.84. The molecule has 0 bridgehead atoms. The lowest BCUT2D eigenvalue weighted by atomic mass is 10.2. The maximum atomic E-state index is 6.18. The van der Waals surface area contributed by atoms with Crippen LogP contribution in [0.3, 0.4) is 0 Å². The second kappa shape index (κ2) is 8.40. The van der Waals surface area contributed by atoms with Crippen LogP contribution in [0.25, 0.3) is 0 Å². The minimum absolute atomic E-state index is 0.192. The Balaban J connectivity index is 2.23. The van der Waals surface area contributed by atoms with Gasteiger partial charge in [0, 0.05) is 18.7 Å². The Labute approximate surface area is 146 Å². The minimum atomic E-state index is 0.192. The third kappa shape index (κ3) is 3.89. The number of nitrogens with zero attached hydrogens (tertiary/aromatic N) is 2. The molecule has 7 heteroatoms. The average Bonchev–Trinajstić information content (AvgIpc) is 2.64. The first-order valence-corrected chi connectivity index (χ1v) is 7.57. The molecule has 0 saturated heterocycles. The van der Waals surface area contributed by atoms with Crippen molar-refractivity contribution in [2.75, 3.05) is 21.3 Å². The highest BCUT2D eigenvalue weighted by Crippen LogP contribution is 2.39. The lowest BCUT2D eigenvalue weighted by Gasteiger charge is -2.14. The van der Waals surface area contributed by atoms with Crippen molar-refractivity contribution in [2.45, 2.75) is 13.5 Å². The number of methoxy groups -OCH3 is 3. The molecule has 2 rings (SSSR count). The predicted molar refractivity (Wildman–Crippen MR) is 91.0 cm³/mol. The Bertz CT molecular complexity index is 720. The normalized spacial score (nSPS) is 11.5. The van der Waals surface area contributed by atoms with Gasteiger partial charge in [0.05, 0.1) is 25.6 Å². The second-order valence-corrected chi connectivity index (χ2v) is 5.12. The summed E-state index contributed by atoms with van der Waals surface area (Å²) in [5, 5.41) is 0. The van der Waals surface area contributed by atoms with Crippen LogP contribution in [0.1, 0.15) is 18.2 Å². The number of hydrogen-bond acceptors (Lipinski definition) is 5. The number of benzene rings is 1. The molecule has 0 aliphatic carbocycles. The lowest BCUT2D eigenvalue weighted by Crippen LogP contribution is -2.13. The van der Waals surface area contributed by atoms with Gasteiger partial charge in [0.2, 0.25) is 5.75 Å². The van der Waals surface area contributed by atoms with Gasteiger partial charge in [0.1, 0.15) is 5.69 Å². The molecule has 0 amide bonds. The van der Waals surface area contributed by atoms with E-state index in [-0.39, 0.29) is 6.61 Å². The van der Waals surface area contributed by atoms with E-state index >= 15 is 0 Å². The molecule has 0 spiro atoms. The Morgan fingerprint density at radius 2 is 1.79 bits per heavy atom. The number of aromatic nitrogens is 1. The Morgan fingerprint density at radius 1 is 1.04 bits per heavy atom. The van der Waals surface area contributed by atoms with Gasteiger partial charge in [-0.3, -0.25) is 9.82 Å². The molecule has 0 atom stereocenters. The molecule has 0 radical (unpaired) electrons. The van der Waals surface area contributed by atoms with Crippen LogP contribution >= 0.6 is 11.8 Å². The first-order valence-electron chi connectivity index (χ1n) is 7.24. The summed E-state index contributed by atoms with van der Waals surface area (Å²) in [6.45, 7) is 2.01. The van der Waals surface area contributed by atoms with Gasteiger partial charge < -0.3 is 14.2 Å². The fourth-order valence-electron chi connectivity index (χ4n) is 2.17. The zero-order chi connectivity index (χ0) is 17.5. The lowest BCUT2D eigenvalue weighted by molar-refractivity contribution is -0.688. The smallest absolute Gasteiger partial charge is 0.319 e. The first kappa shape index (κ1) is 17.9. The van der Waals surface area contributed by atoms with Gasteiger partial charge >= 0.3 is 11.8 Å². The van der Waals surface area contributed by atoms with Crippen LogP contribution in [-0.2, 0) is 11.4 Å². The van der Waals surface area contributed by atoms with Gasteiger partial charge in [0.15, 0.2) is 18.1 Å². The van der Waals surface area contributed by atoms with Crippen molar-refractivity contribution in [3.63, 3.8) is 0 Å². The molecular formula is C17H20ClN2O4+. The van der Waals surface area contributed by atoms with Gasteiger partial charge in [-0.05, 0) is 24.3 Å². The zero-order valence-electron chi connectivity index (χ0n) is 14.1. The van der Waals surface area contributed by atoms with Crippen LogP contribution in [0.4, 0.5) is 0 Å². The average molecular weight is 352 g/mol. The van der Waals surface area contributed by atoms with Crippen molar-refractivity contribution in [2.24, 2.45) is 0 Å². The van der Waals surface area contributed by atoms with E-state index in [4.69, 9.17) is 30.8 Å². The molecule has 0 aliphatic heterocycles. The van der Waals surface area contributed by atoms with Crippen LogP contribution in [0.2, 0.25) is 0 Å². The van der Waals surface area contributed by atoms with Crippen LogP contribution < -0.4 is 14.2 Å². The molecule has 1 aromatic heterocycles. The SMILES string of the molecule is COc1ccc(CO[N+](Cl)=C(C)c2ccccn2)c(OC)c1OC. The van der Waals surface area contributed by atoms with E-state index in [2.05, 4.69) is 4.98 Å². The minimum Gasteiger partial charge on any atom is -0.493 e. The highest BCUT2D eigenvalue weighted by atomic mass is 35.5. The molecular weight excluding hydrogens is 332 g/mol. The van der Waals surface area contributed by atoms with Crippen LogP contribution in [-0.4, -0.2) is 36.3 Å². The fraction of sp³-hybridized carbons (Fsp3) is 0.294. The Morgan fingerprint density at radius 3 is 2.38 bits per heavy atom. The summed E-state index contributed by atoms with van der Waals surface area (Å²) in [6.07, 6.45) is 1.70. The molecule has 0 fully saturated rings. The van der Waals surface area contributed by atoms with Gasteiger partial charge in [0.25, 0.3) is 5.71 Å². The van der Waals surface area contributed by atoms with E-state index in [0.717, 1.165) is 11.3 Å². The van der Waals surface area contributed by atoms with Crippen molar-refractivity contribution in [1.29, 1.82) is 0 Å². The number of ether oxygens (including phenoxy) is 3. The van der Waals surface area contributed by atoms with E-state index < -0.39 is 0 Å². The van der Waals surface area contributed by atoms with Crippen LogP contribution in [0, 0.1) is 0 Å². The van der Waals surface area contributed by atoms with E-state index in [0.29, 0.717) is 23.0 Å². The number of pyridine rings is 1. The van der Waals surface area contributed by atoms with E-state index in [1.165, 1.54) is 4.26 Å². The van der Waals surface area contributed by atoms with Gasteiger partial charge in [-0.25, -0.2) is 0 Å². The summed E-state index contributed by atoms with van der Waals surface area (Å²) >= 11 is 6.18. The van der Waals surface area contributed by atoms with Crippen molar-refractivity contribution >= 4 is 17.5 Å². The number of halogens is 1. The van der Waals surface area contributed by atoms with E-state index in [1.54, 1.807) is 33.6 Å². The maximum absolute atomic E-state index is 6.18. The summed E-state index contributed by atoms with van der Waals surface area (Å²) in [7, 11) is 4.68. The van der Waals surface area contributed by atoms with Crippen LogP contribution in [0.15, 0.2) is 36.5 Å². The molecule has 128 valence electrons. The number of hydrogen-bond donors (Lipinski definition) is 0. The van der Waals surface area contributed by atoms with Crippen molar-refractivity contribution in [1.82, 2.24) is 4.98 Å². The highest BCUT2D eigenvalue weighted by Gasteiger charge is 2.20. The second-order valence-electron chi connectivity index (χ2n) is 4.81. The summed E-state index contributed by atoms with van der Waals surface area (Å²) in [5.74, 6) is 1.63. The largest absolute Gasteiger partial charge is 0.493 e. The van der Waals surface area contributed by atoms with Crippen molar-refractivity contribution in [3.05, 3.63) is 47.8 Å². The third-order valence-corrected chi connectivity index (χ3v) is 3.77. The van der Waals surface area contributed by atoms with Crippen molar-refractivity contribution < 1.29 is 23.3 Å². The molecule has 0 saturated carbocycles. The highest BCUT2D eigenvalue weighted by molar-refractivity contribution is 6.10. The first-order chi connectivity index (χ1) is 11.6. The van der Waals surface area contributed by atoms with Gasteiger partial charge in [-0.1, -0.05) is 6.07 Å². The number of rotatable bonds is 7. The van der Waals surface area contributed by atoms with Crippen molar-refractivity contribution in [3.8, 4) is 17.2 Å². The van der Waals surface area contributed by atoms with Crippen LogP contribution in [0.5, 0.6) is 17.2 Å². The molecule has 0 unspecified atom stereocenters. The fourth-order valence-corrected chi connectivity index (χ4v) is 2.30. The van der Waals surface area contributed by atoms with Gasteiger partial charge in [-0.15, -0.1) is 0 Å². The summed E-state index contributed by atoms with van der Waals surface area (Å²) in [5.41, 5.74) is 2.18. The molecule has 1 heterocycles. The summed E-state index contributed by atoms with van der Waals surface area (Å²) < 4.78 is 17.2. The molecule has 2 aromatic rings. The molecule has 24 heavy (non-hydrogen) atoms. The monoisotopic (exact) mass is 351 g/mol. The molecule has 0 N–H and O–H groups in total.